The van der Waals surface area contributed by atoms with Crippen LogP contribution in [0.15, 0.2) is 46.2 Å². The lowest BCUT2D eigenvalue weighted by molar-refractivity contribution is 0.601. The zero-order valence-corrected chi connectivity index (χ0v) is 12.9. The third-order valence-corrected chi connectivity index (χ3v) is 4.63. The number of benzene rings is 1. The SMILES string of the molecule is Cn1cc(Cl)c(NS(=O)(=O)c2ccc3[nH]c(=O)ccc3c2)n1. The van der Waals surface area contributed by atoms with Gasteiger partial charge in [0.05, 0.1) is 4.90 Å². The zero-order chi connectivity index (χ0) is 15.9. The first-order chi connectivity index (χ1) is 10.3. The van der Waals surface area contributed by atoms with Gasteiger partial charge in [-0.3, -0.25) is 14.2 Å². The maximum absolute atomic E-state index is 12.4. The van der Waals surface area contributed by atoms with Crippen molar-refractivity contribution in [3.63, 3.8) is 0 Å². The van der Waals surface area contributed by atoms with Crippen molar-refractivity contribution >= 4 is 38.3 Å². The molecule has 0 aliphatic rings. The molecular weight excluding hydrogens is 328 g/mol. The predicted octanol–water partition coefficient (Wildman–Crippen LogP) is 1.72. The van der Waals surface area contributed by atoms with Gasteiger partial charge in [0, 0.05) is 24.8 Å². The van der Waals surface area contributed by atoms with Gasteiger partial charge in [-0.15, -0.1) is 0 Å². The van der Waals surface area contributed by atoms with E-state index in [0.717, 1.165) is 0 Å². The van der Waals surface area contributed by atoms with E-state index in [0.29, 0.717) is 10.9 Å². The summed E-state index contributed by atoms with van der Waals surface area (Å²) in [6.45, 7) is 0. The van der Waals surface area contributed by atoms with E-state index in [-0.39, 0.29) is 21.3 Å². The molecule has 0 atom stereocenters. The van der Waals surface area contributed by atoms with E-state index >= 15 is 0 Å². The van der Waals surface area contributed by atoms with Gasteiger partial charge in [0.2, 0.25) is 5.56 Å². The lowest BCUT2D eigenvalue weighted by Crippen LogP contribution is -2.14. The van der Waals surface area contributed by atoms with Crippen LogP contribution in [0.1, 0.15) is 0 Å². The van der Waals surface area contributed by atoms with E-state index < -0.39 is 10.0 Å². The number of H-pyrrole nitrogens is 1. The molecule has 114 valence electrons. The number of hydrogen-bond donors (Lipinski definition) is 2. The number of nitrogens with one attached hydrogen (secondary N) is 2. The number of rotatable bonds is 3. The number of nitrogens with zero attached hydrogens (tertiary/aromatic N) is 2. The van der Waals surface area contributed by atoms with E-state index in [9.17, 15) is 13.2 Å². The van der Waals surface area contributed by atoms with Gasteiger partial charge in [-0.1, -0.05) is 11.6 Å². The highest BCUT2D eigenvalue weighted by Crippen LogP contribution is 2.23. The number of aromatic amines is 1. The van der Waals surface area contributed by atoms with Gasteiger partial charge in [-0.2, -0.15) is 5.10 Å². The quantitative estimate of drug-likeness (QED) is 0.759. The Hall–Kier alpha value is -2.32. The normalized spacial score (nSPS) is 11.7. The Labute approximate surface area is 130 Å². The number of anilines is 1. The summed E-state index contributed by atoms with van der Waals surface area (Å²) in [7, 11) is -2.19. The molecule has 0 saturated heterocycles. The molecule has 7 nitrogen and oxygen atoms in total. The number of sulfonamides is 1. The smallest absolute Gasteiger partial charge is 0.263 e. The predicted molar refractivity (Wildman–Crippen MR) is 83.6 cm³/mol. The minimum atomic E-state index is -3.83. The van der Waals surface area contributed by atoms with Crippen LogP contribution in [0.2, 0.25) is 5.02 Å². The Balaban J connectivity index is 2.03. The van der Waals surface area contributed by atoms with Gasteiger partial charge in [-0.05, 0) is 29.7 Å². The number of halogens is 1. The Morgan fingerprint density at radius 2 is 2.05 bits per heavy atom. The van der Waals surface area contributed by atoms with Crippen LogP contribution in [0.4, 0.5) is 5.82 Å². The molecular formula is C13H11ClN4O3S. The Bertz CT molecular complexity index is 1020. The van der Waals surface area contributed by atoms with Crippen molar-refractivity contribution in [3.05, 3.63) is 51.9 Å². The number of fused-ring (bicyclic) bond motifs is 1. The molecule has 0 fully saturated rings. The molecule has 0 aliphatic heterocycles. The maximum Gasteiger partial charge on any atom is 0.263 e. The second kappa shape index (κ2) is 5.15. The van der Waals surface area contributed by atoms with Crippen molar-refractivity contribution in [2.24, 2.45) is 7.05 Å². The van der Waals surface area contributed by atoms with Crippen molar-refractivity contribution in [2.45, 2.75) is 4.90 Å². The van der Waals surface area contributed by atoms with Crippen LogP contribution in [0, 0.1) is 0 Å². The third kappa shape index (κ3) is 2.70. The molecule has 2 heterocycles. The summed E-state index contributed by atoms with van der Waals surface area (Å²) in [6, 6.07) is 7.29. The minimum absolute atomic E-state index is 0.0498. The summed E-state index contributed by atoms with van der Waals surface area (Å²) >= 11 is 5.90. The first-order valence-electron chi connectivity index (χ1n) is 6.20. The molecule has 9 heteroatoms. The van der Waals surface area contributed by atoms with E-state index in [4.69, 9.17) is 11.6 Å². The summed E-state index contributed by atoms with van der Waals surface area (Å²) in [5.74, 6) is 0.0609. The van der Waals surface area contributed by atoms with E-state index in [1.165, 1.54) is 35.1 Å². The lowest BCUT2D eigenvalue weighted by atomic mass is 10.2. The molecule has 22 heavy (non-hydrogen) atoms. The highest BCUT2D eigenvalue weighted by atomic mass is 35.5. The topological polar surface area (TPSA) is 96.9 Å². The minimum Gasteiger partial charge on any atom is -0.322 e. The van der Waals surface area contributed by atoms with Crippen LogP contribution in [-0.2, 0) is 17.1 Å². The van der Waals surface area contributed by atoms with E-state index in [2.05, 4.69) is 14.8 Å². The van der Waals surface area contributed by atoms with Crippen LogP contribution in [-0.4, -0.2) is 23.2 Å². The average Bonchev–Trinajstić information content (AvgIpc) is 2.75. The molecule has 0 bridgehead atoms. The van der Waals surface area contributed by atoms with Crippen molar-refractivity contribution in [1.82, 2.24) is 14.8 Å². The van der Waals surface area contributed by atoms with Gasteiger partial charge >= 0.3 is 0 Å². The van der Waals surface area contributed by atoms with Crippen LogP contribution < -0.4 is 10.3 Å². The third-order valence-electron chi connectivity index (χ3n) is 3.02. The molecule has 2 N–H and O–H groups in total. The van der Waals surface area contributed by atoms with Gasteiger partial charge in [0.1, 0.15) is 5.02 Å². The molecule has 0 amide bonds. The lowest BCUT2D eigenvalue weighted by Gasteiger charge is -2.07. The van der Waals surface area contributed by atoms with Gasteiger partial charge in [0.15, 0.2) is 5.82 Å². The van der Waals surface area contributed by atoms with Crippen molar-refractivity contribution in [2.75, 3.05) is 4.72 Å². The van der Waals surface area contributed by atoms with Crippen LogP contribution in [0.25, 0.3) is 10.9 Å². The van der Waals surface area contributed by atoms with Crippen LogP contribution in [0.5, 0.6) is 0 Å². The summed E-state index contributed by atoms with van der Waals surface area (Å²) in [5.41, 5.74) is 0.309. The molecule has 0 aliphatic carbocycles. The number of hydrogen-bond acceptors (Lipinski definition) is 4. The number of aromatic nitrogens is 3. The van der Waals surface area contributed by atoms with Crippen LogP contribution in [0.3, 0.4) is 0 Å². The molecule has 2 aromatic heterocycles. The highest BCUT2D eigenvalue weighted by molar-refractivity contribution is 7.92. The van der Waals surface area contributed by atoms with Crippen molar-refractivity contribution < 1.29 is 8.42 Å². The molecule has 3 rings (SSSR count). The molecule has 0 saturated carbocycles. The molecule has 3 aromatic rings. The molecule has 0 radical (unpaired) electrons. The summed E-state index contributed by atoms with van der Waals surface area (Å²) in [5, 5.41) is 4.75. The second-order valence-electron chi connectivity index (χ2n) is 4.68. The number of pyridine rings is 1. The highest BCUT2D eigenvalue weighted by Gasteiger charge is 2.18. The Morgan fingerprint density at radius 1 is 1.27 bits per heavy atom. The first-order valence-corrected chi connectivity index (χ1v) is 8.06. The standard InChI is InChI=1S/C13H11ClN4O3S/c1-18-7-10(14)13(16-18)17-22(20,21)9-3-4-11-8(6-9)2-5-12(19)15-11/h2-7H,1H3,(H,15,19)(H,16,17). The Kier molecular flexibility index (Phi) is 3.42. The molecule has 0 spiro atoms. The summed E-state index contributed by atoms with van der Waals surface area (Å²) in [4.78, 5) is 13.9. The summed E-state index contributed by atoms with van der Waals surface area (Å²) < 4.78 is 28.5. The maximum atomic E-state index is 12.4. The van der Waals surface area contributed by atoms with E-state index in [1.807, 2.05) is 0 Å². The Morgan fingerprint density at radius 3 is 2.73 bits per heavy atom. The largest absolute Gasteiger partial charge is 0.322 e. The number of aryl methyl sites for hydroxylation is 1. The van der Waals surface area contributed by atoms with Crippen molar-refractivity contribution in [1.29, 1.82) is 0 Å². The average molecular weight is 339 g/mol. The molecule has 0 unspecified atom stereocenters. The van der Waals surface area contributed by atoms with Gasteiger partial charge in [-0.25, -0.2) is 8.42 Å². The van der Waals surface area contributed by atoms with Crippen molar-refractivity contribution in [3.8, 4) is 0 Å². The fraction of sp³-hybridized carbons (Fsp3) is 0.0769. The fourth-order valence-corrected chi connectivity index (χ4v) is 3.35. The first kappa shape index (κ1) is 14.6. The summed E-state index contributed by atoms with van der Waals surface area (Å²) in [6.07, 6.45) is 1.49. The van der Waals surface area contributed by atoms with Gasteiger partial charge < -0.3 is 4.98 Å². The monoisotopic (exact) mass is 338 g/mol. The zero-order valence-electron chi connectivity index (χ0n) is 11.4. The fourth-order valence-electron chi connectivity index (χ4n) is 2.01. The molecule has 1 aromatic carbocycles. The van der Waals surface area contributed by atoms with E-state index in [1.54, 1.807) is 13.1 Å². The van der Waals surface area contributed by atoms with Crippen LogP contribution >= 0.6 is 11.6 Å². The van der Waals surface area contributed by atoms with Gasteiger partial charge in [0.25, 0.3) is 10.0 Å². The second-order valence-corrected chi connectivity index (χ2v) is 6.77.